The Labute approximate surface area is 133 Å². The van der Waals surface area contributed by atoms with Crippen LogP contribution in [-0.2, 0) is 0 Å². The Morgan fingerprint density at radius 2 is 1.82 bits per heavy atom. The van der Waals surface area contributed by atoms with Crippen LogP contribution in [0.3, 0.4) is 0 Å². The Morgan fingerprint density at radius 1 is 1.00 bits per heavy atom. The second-order valence-corrected chi connectivity index (χ2v) is 6.69. The minimum absolute atomic E-state index is 0.190. The summed E-state index contributed by atoms with van der Waals surface area (Å²) in [5.41, 5.74) is 5.32. The molecule has 0 aliphatic rings. The summed E-state index contributed by atoms with van der Waals surface area (Å²) in [4.78, 5) is 20.8. The minimum atomic E-state index is -0.190. The van der Waals surface area contributed by atoms with E-state index in [2.05, 4.69) is 33.0 Å². The van der Waals surface area contributed by atoms with Crippen molar-refractivity contribution in [3.05, 3.63) is 53.7 Å². The first kappa shape index (κ1) is 13.2. The summed E-state index contributed by atoms with van der Waals surface area (Å²) < 4.78 is 3.53. The van der Waals surface area contributed by atoms with Crippen LogP contribution in [0.25, 0.3) is 19.5 Å². The fraction of sp³-hybridized carbons (Fsp3) is 0. The molecule has 0 fully saturated rings. The molecular formula is C15H10N4OS2. The maximum atomic E-state index is 12.2. The lowest BCUT2D eigenvalue weighted by molar-refractivity contribution is 0.0966. The van der Waals surface area contributed by atoms with Gasteiger partial charge >= 0.3 is 0 Å². The maximum Gasteiger partial charge on any atom is 0.279 e. The van der Waals surface area contributed by atoms with E-state index in [1.165, 1.54) is 21.4 Å². The molecule has 4 aromatic rings. The number of carbonyl (C=O) groups is 1. The molecule has 4 rings (SSSR count). The smallest absolute Gasteiger partial charge is 0.266 e. The van der Waals surface area contributed by atoms with Crippen LogP contribution >= 0.6 is 22.7 Å². The van der Waals surface area contributed by atoms with E-state index in [-0.39, 0.29) is 5.91 Å². The van der Waals surface area contributed by atoms with Crippen LogP contribution in [-0.4, -0.2) is 15.9 Å². The van der Waals surface area contributed by atoms with Gasteiger partial charge in [0.1, 0.15) is 0 Å². The number of hydrogen-bond acceptors (Lipinski definition) is 6. The molecule has 0 radical (unpaired) electrons. The van der Waals surface area contributed by atoms with Crippen LogP contribution in [0.2, 0.25) is 0 Å². The predicted octanol–water partition coefficient (Wildman–Crippen LogP) is 3.66. The summed E-state index contributed by atoms with van der Waals surface area (Å²) in [6.45, 7) is 0. The van der Waals surface area contributed by atoms with E-state index in [1.807, 2.05) is 18.2 Å². The van der Waals surface area contributed by atoms with Gasteiger partial charge in [0, 0.05) is 27.2 Å². The quantitative estimate of drug-likeness (QED) is 0.564. The number of rotatable bonds is 3. The molecule has 0 bridgehead atoms. The normalized spacial score (nSPS) is 10.9. The van der Waals surface area contributed by atoms with Gasteiger partial charge in [0.15, 0.2) is 0 Å². The molecule has 1 amide bonds. The van der Waals surface area contributed by atoms with E-state index in [4.69, 9.17) is 0 Å². The zero-order valence-electron chi connectivity index (χ0n) is 11.2. The SMILES string of the molecule is O=C(NNc1ncccn1)c1cc2sc3ccccc3c2s1. The molecule has 0 spiro atoms. The third-order valence-electron chi connectivity index (χ3n) is 3.13. The Balaban J connectivity index is 1.59. The average Bonchev–Trinajstić information content (AvgIpc) is 3.11. The first-order valence-corrected chi connectivity index (χ1v) is 8.19. The Hall–Kier alpha value is -2.51. The number of hydrogen-bond donors (Lipinski definition) is 2. The second-order valence-electron chi connectivity index (χ2n) is 4.55. The van der Waals surface area contributed by atoms with Crippen molar-refractivity contribution in [3.8, 4) is 0 Å². The van der Waals surface area contributed by atoms with E-state index in [0.29, 0.717) is 10.8 Å². The Bertz CT molecular complexity index is 961. The van der Waals surface area contributed by atoms with Crippen molar-refractivity contribution in [2.24, 2.45) is 0 Å². The molecule has 0 aliphatic carbocycles. The number of hydrazine groups is 1. The standard InChI is InChI=1S/C15H10N4OS2/c20-14(18-19-15-16-6-3-7-17-15)12-8-11-13(22-12)9-4-1-2-5-10(9)21-11/h1-8H,(H,18,20)(H,16,17,19). The van der Waals surface area contributed by atoms with Crippen molar-refractivity contribution >= 4 is 54.0 Å². The number of fused-ring (bicyclic) bond motifs is 3. The van der Waals surface area contributed by atoms with Gasteiger partial charge in [0.2, 0.25) is 5.95 Å². The fourth-order valence-electron chi connectivity index (χ4n) is 2.15. The molecule has 0 saturated heterocycles. The highest BCUT2D eigenvalue weighted by molar-refractivity contribution is 7.33. The van der Waals surface area contributed by atoms with Crippen molar-refractivity contribution in [3.63, 3.8) is 0 Å². The van der Waals surface area contributed by atoms with Crippen molar-refractivity contribution in [2.45, 2.75) is 0 Å². The zero-order chi connectivity index (χ0) is 14.9. The van der Waals surface area contributed by atoms with Crippen LogP contribution in [0.4, 0.5) is 5.95 Å². The van der Waals surface area contributed by atoms with Crippen LogP contribution in [0.5, 0.6) is 0 Å². The molecule has 3 aromatic heterocycles. The van der Waals surface area contributed by atoms with Crippen LogP contribution in [0.15, 0.2) is 48.8 Å². The molecule has 22 heavy (non-hydrogen) atoms. The van der Waals surface area contributed by atoms with Gasteiger partial charge in [0.25, 0.3) is 5.91 Å². The van der Waals surface area contributed by atoms with Crippen molar-refractivity contribution < 1.29 is 4.79 Å². The molecule has 0 atom stereocenters. The molecule has 2 N–H and O–H groups in total. The minimum Gasteiger partial charge on any atom is -0.266 e. The lowest BCUT2D eigenvalue weighted by atomic mass is 10.2. The van der Waals surface area contributed by atoms with Gasteiger partial charge in [-0.3, -0.25) is 15.6 Å². The number of aromatic nitrogens is 2. The lowest BCUT2D eigenvalue weighted by Gasteiger charge is -2.04. The Kier molecular flexibility index (Phi) is 3.21. The van der Waals surface area contributed by atoms with Gasteiger partial charge in [-0.1, -0.05) is 18.2 Å². The van der Waals surface area contributed by atoms with Crippen LogP contribution in [0.1, 0.15) is 9.67 Å². The summed E-state index contributed by atoms with van der Waals surface area (Å²) >= 11 is 3.19. The molecule has 7 heteroatoms. The van der Waals surface area contributed by atoms with E-state index < -0.39 is 0 Å². The predicted molar refractivity (Wildman–Crippen MR) is 90.3 cm³/mol. The summed E-state index contributed by atoms with van der Waals surface area (Å²) in [7, 11) is 0. The van der Waals surface area contributed by atoms with E-state index in [0.717, 1.165) is 9.40 Å². The first-order valence-electron chi connectivity index (χ1n) is 6.56. The summed E-state index contributed by atoms with van der Waals surface area (Å²) in [5, 5.41) is 1.20. The second kappa shape index (κ2) is 5.36. The number of anilines is 1. The largest absolute Gasteiger partial charge is 0.279 e. The number of carbonyl (C=O) groups excluding carboxylic acids is 1. The number of benzene rings is 1. The van der Waals surface area contributed by atoms with Gasteiger partial charge < -0.3 is 0 Å². The van der Waals surface area contributed by atoms with E-state index in [9.17, 15) is 4.79 Å². The van der Waals surface area contributed by atoms with Gasteiger partial charge in [-0.05, 0) is 18.2 Å². The third kappa shape index (κ3) is 2.30. The summed E-state index contributed by atoms with van der Waals surface area (Å²) in [5.74, 6) is 0.171. The van der Waals surface area contributed by atoms with Gasteiger partial charge in [-0.2, -0.15) is 0 Å². The highest BCUT2D eigenvalue weighted by atomic mass is 32.1. The number of amides is 1. The van der Waals surface area contributed by atoms with Crippen molar-refractivity contribution in [2.75, 3.05) is 5.43 Å². The maximum absolute atomic E-state index is 12.2. The average molecular weight is 326 g/mol. The number of thiophene rings is 2. The molecule has 108 valence electrons. The van der Waals surface area contributed by atoms with Gasteiger partial charge in [-0.15, -0.1) is 22.7 Å². The third-order valence-corrected chi connectivity index (χ3v) is 5.54. The molecule has 3 heterocycles. The molecule has 0 aliphatic heterocycles. The van der Waals surface area contributed by atoms with Crippen LogP contribution in [0, 0.1) is 0 Å². The van der Waals surface area contributed by atoms with Crippen molar-refractivity contribution in [1.29, 1.82) is 0 Å². The molecule has 0 unspecified atom stereocenters. The van der Waals surface area contributed by atoms with Crippen LogP contribution < -0.4 is 10.9 Å². The zero-order valence-corrected chi connectivity index (χ0v) is 12.9. The van der Waals surface area contributed by atoms with Gasteiger partial charge in [0.05, 0.1) is 9.58 Å². The Morgan fingerprint density at radius 3 is 2.68 bits per heavy atom. The number of nitrogens with zero attached hydrogens (tertiary/aromatic N) is 2. The summed E-state index contributed by atoms with van der Waals surface area (Å²) in [6.07, 6.45) is 3.21. The van der Waals surface area contributed by atoms with E-state index >= 15 is 0 Å². The summed E-state index contributed by atoms with van der Waals surface area (Å²) in [6, 6.07) is 11.9. The first-order chi connectivity index (χ1) is 10.8. The molecule has 5 nitrogen and oxygen atoms in total. The number of nitrogens with one attached hydrogen (secondary N) is 2. The monoisotopic (exact) mass is 326 g/mol. The molecule has 0 saturated carbocycles. The highest BCUT2D eigenvalue weighted by Crippen LogP contribution is 2.39. The fourth-order valence-corrected chi connectivity index (χ4v) is 4.57. The topological polar surface area (TPSA) is 66.9 Å². The van der Waals surface area contributed by atoms with E-state index in [1.54, 1.807) is 29.8 Å². The lowest BCUT2D eigenvalue weighted by Crippen LogP contribution is -2.29. The molecule has 1 aromatic carbocycles. The molecular weight excluding hydrogens is 316 g/mol. The highest BCUT2D eigenvalue weighted by Gasteiger charge is 2.14. The van der Waals surface area contributed by atoms with Crippen molar-refractivity contribution in [1.82, 2.24) is 15.4 Å². The van der Waals surface area contributed by atoms with Gasteiger partial charge in [-0.25, -0.2) is 9.97 Å².